The molecule has 0 heterocycles. The minimum Gasteiger partial charge on any atom is -0.462 e. The molecule has 0 aliphatic carbocycles. The molecule has 0 saturated carbocycles. The first kappa shape index (κ1) is 54.1. The van der Waals surface area contributed by atoms with Crippen molar-refractivity contribution in [2.24, 2.45) is 0 Å². The number of hydrogen-bond acceptors (Lipinski definition) is 6. The molecular weight excluding hydrogens is 721 g/mol. The SMILES string of the molecule is CC/C=C\C/C=C\C/C=C\C/C=C\C/C=C\C/C=C\CCCCC(=O)OCC(COC(=O)CCCCCCCC)OC(=O)CCCCC/C=C\C/C=C\C/C=C\CC. The average Bonchev–Trinajstić information content (AvgIpc) is 3.22. The van der Waals surface area contributed by atoms with Gasteiger partial charge < -0.3 is 14.2 Å². The highest BCUT2D eigenvalue weighted by Gasteiger charge is 2.19. The maximum absolute atomic E-state index is 12.7. The van der Waals surface area contributed by atoms with Crippen LogP contribution in [0.25, 0.3) is 0 Å². The molecule has 1 atom stereocenters. The lowest BCUT2D eigenvalue weighted by atomic mass is 10.1. The van der Waals surface area contributed by atoms with E-state index in [9.17, 15) is 14.4 Å². The molecule has 6 heteroatoms. The highest BCUT2D eigenvalue weighted by Crippen LogP contribution is 2.11. The van der Waals surface area contributed by atoms with Crippen molar-refractivity contribution in [2.75, 3.05) is 13.2 Å². The summed E-state index contributed by atoms with van der Waals surface area (Å²) in [5, 5.41) is 0. The van der Waals surface area contributed by atoms with E-state index in [2.05, 4.69) is 130 Å². The molecule has 6 nitrogen and oxygen atoms in total. The molecule has 326 valence electrons. The molecule has 0 radical (unpaired) electrons. The summed E-state index contributed by atoms with van der Waals surface area (Å²) in [6, 6.07) is 0. The third kappa shape index (κ3) is 43.2. The zero-order valence-electron chi connectivity index (χ0n) is 37.0. The van der Waals surface area contributed by atoms with Crippen molar-refractivity contribution in [1.82, 2.24) is 0 Å². The minimum atomic E-state index is -0.808. The van der Waals surface area contributed by atoms with Gasteiger partial charge in [-0.15, -0.1) is 0 Å². The Balaban J connectivity index is 4.39. The van der Waals surface area contributed by atoms with Crippen LogP contribution >= 0.6 is 0 Å². The number of carbonyl (C=O) groups excluding carboxylic acids is 3. The van der Waals surface area contributed by atoms with Crippen molar-refractivity contribution in [3.8, 4) is 0 Å². The fraction of sp³-hybridized carbons (Fsp3) is 0.596. The molecule has 0 rings (SSSR count). The van der Waals surface area contributed by atoms with Crippen molar-refractivity contribution >= 4 is 17.9 Å². The minimum absolute atomic E-state index is 0.107. The largest absolute Gasteiger partial charge is 0.462 e. The Morgan fingerprint density at radius 1 is 0.362 bits per heavy atom. The van der Waals surface area contributed by atoms with Gasteiger partial charge in [-0.3, -0.25) is 14.4 Å². The number of carbonyl (C=O) groups is 3. The molecular formula is C52H82O6. The average molecular weight is 803 g/mol. The molecule has 0 spiro atoms. The third-order valence-corrected chi connectivity index (χ3v) is 9.02. The smallest absolute Gasteiger partial charge is 0.306 e. The Morgan fingerprint density at radius 2 is 0.672 bits per heavy atom. The van der Waals surface area contributed by atoms with Gasteiger partial charge in [0, 0.05) is 19.3 Å². The summed E-state index contributed by atoms with van der Waals surface area (Å²) in [5.41, 5.74) is 0. The first-order chi connectivity index (χ1) is 28.5. The summed E-state index contributed by atoms with van der Waals surface area (Å²) in [6.45, 7) is 6.25. The predicted octanol–water partition coefficient (Wildman–Crippen LogP) is 14.8. The van der Waals surface area contributed by atoms with Crippen LogP contribution in [0.4, 0.5) is 0 Å². The number of hydrogen-bond donors (Lipinski definition) is 0. The Labute approximate surface area is 355 Å². The van der Waals surface area contributed by atoms with E-state index in [0.717, 1.165) is 116 Å². The van der Waals surface area contributed by atoms with Crippen LogP contribution in [0.2, 0.25) is 0 Å². The van der Waals surface area contributed by atoms with Crippen molar-refractivity contribution in [1.29, 1.82) is 0 Å². The lowest BCUT2D eigenvalue weighted by Crippen LogP contribution is -2.30. The van der Waals surface area contributed by atoms with Gasteiger partial charge in [-0.1, -0.05) is 169 Å². The van der Waals surface area contributed by atoms with Crippen LogP contribution in [0.15, 0.2) is 109 Å². The number of ether oxygens (including phenoxy) is 3. The Bertz CT molecular complexity index is 1240. The summed E-state index contributed by atoms with van der Waals surface area (Å²) >= 11 is 0. The lowest BCUT2D eigenvalue weighted by Gasteiger charge is -2.18. The second kappa shape index (κ2) is 45.8. The first-order valence-electron chi connectivity index (χ1n) is 22.9. The van der Waals surface area contributed by atoms with E-state index in [-0.39, 0.29) is 37.5 Å². The molecule has 58 heavy (non-hydrogen) atoms. The number of allylic oxidation sites excluding steroid dienone is 18. The monoisotopic (exact) mass is 803 g/mol. The molecule has 0 bridgehead atoms. The van der Waals surface area contributed by atoms with Gasteiger partial charge in [0.2, 0.25) is 0 Å². The molecule has 0 aromatic rings. The molecule has 0 aromatic carbocycles. The van der Waals surface area contributed by atoms with Gasteiger partial charge >= 0.3 is 17.9 Å². The van der Waals surface area contributed by atoms with E-state index in [1.165, 1.54) is 19.3 Å². The Morgan fingerprint density at radius 3 is 1.09 bits per heavy atom. The van der Waals surface area contributed by atoms with Crippen LogP contribution < -0.4 is 0 Å². The van der Waals surface area contributed by atoms with Gasteiger partial charge in [0.15, 0.2) is 6.10 Å². The van der Waals surface area contributed by atoms with Gasteiger partial charge in [-0.25, -0.2) is 0 Å². The Hall–Kier alpha value is -3.93. The fourth-order valence-electron chi connectivity index (χ4n) is 5.63. The molecule has 1 unspecified atom stereocenters. The number of rotatable bonds is 39. The second-order valence-corrected chi connectivity index (χ2v) is 14.5. The van der Waals surface area contributed by atoms with Crippen molar-refractivity contribution in [3.05, 3.63) is 109 Å². The molecule has 0 aliphatic rings. The van der Waals surface area contributed by atoms with Gasteiger partial charge in [-0.2, -0.15) is 0 Å². The summed E-state index contributed by atoms with van der Waals surface area (Å²) in [6.07, 6.45) is 61.0. The van der Waals surface area contributed by atoms with Gasteiger partial charge in [0.1, 0.15) is 13.2 Å². The lowest BCUT2D eigenvalue weighted by molar-refractivity contribution is -0.167. The first-order valence-corrected chi connectivity index (χ1v) is 22.9. The highest BCUT2D eigenvalue weighted by atomic mass is 16.6. The molecule has 0 aliphatic heterocycles. The molecule has 0 amide bonds. The van der Waals surface area contributed by atoms with E-state index in [0.29, 0.717) is 19.3 Å². The fourth-order valence-corrected chi connectivity index (χ4v) is 5.63. The third-order valence-electron chi connectivity index (χ3n) is 9.02. The zero-order valence-corrected chi connectivity index (χ0v) is 37.0. The molecule has 0 fully saturated rings. The predicted molar refractivity (Wildman–Crippen MR) is 247 cm³/mol. The maximum atomic E-state index is 12.7. The topological polar surface area (TPSA) is 78.9 Å². The van der Waals surface area contributed by atoms with Gasteiger partial charge in [0.25, 0.3) is 0 Å². The maximum Gasteiger partial charge on any atom is 0.306 e. The summed E-state index contributed by atoms with van der Waals surface area (Å²) in [5.74, 6) is -1.00. The van der Waals surface area contributed by atoms with Crippen molar-refractivity contribution in [3.63, 3.8) is 0 Å². The van der Waals surface area contributed by atoms with E-state index >= 15 is 0 Å². The highest BCUT2D eigenvalue weighted by molar-refractivity contribution is 5.71. The second-order valence-electron chi connectivity index (χ2n) is 14.5. The zero-order chi connectivity index (χ0) is 42.3. The molecule has 0 aromatic heterocycles. The van der Waals surface area contributed by atoms with E-state index < -0.39 is 6.10 Å². The standard InChI is InChI=1S/C52H82O6/c1-4-7-10-13-16-18-20-22-23-24-25-26-27-28-29-31-32-34-36-39-42-45-51(54)57-48-49(47-56-50(53)44-41-38-15-12-9-6-3)58-52(55)46-43-40-37-35-33-30-21-19-17-14-11-8-5-2/h7-8,10-11,16-19,22-23,25-26,28-30,32-34,49H,4-6,9,12-15,20-21,24,27,31,35-48H2,1-3H3/b10-7-,11-8-,18-16-,19-17-,23-22-,26-25-,29-28-,33-30-,34-32-. The summed E-state index contributed by atoms with van der Waals surface area (Å²) in [4.78, 5) is 37.6. The number of esters is 3. The molecule has 0 N–H and O–H groups in total. The van der Waals surface area contributed by atoms with Crippen LogP contribution in [-0.2, 0) is 28.6 Å². The van der Waals surface area contributed by atoms with Crippen LogP contribution in [0.3, 0.4) is 0 Å². The Kier molecular flexibility index (Phi) is 42.7. The normalized spacial score (nSPS) is 13.1. The van der Waals surface area contributed by atoms with Crippen molar-refractivity contribution in [2.45, 2.75) is 187 Å². The van der Waals surface area contributed by atoms with Crippen LogP contribution in [0.5, 0.6) is 0 Å². The molecule has 0 saturated heterocycles. The van der Waals surface area contributed by atoms with Crippen LogP contribution in [-0.4, -0.2) is 37.2 Å². The van der Waals surface area contributed by atoms with Crippen molar-refractivity contribution < 1.29 is 28.6 Å². The van der Waals surface area contributed by atoms with E-state index in [1.54, 1.807) is 0 Å². The quantitative estimate of drug-likeness (QED) is 0.0267. The summed E-state index contributed by atoms with van der Waals surface area (Å²) in [7, 11) is 0. The summed E-state index contributed by atoms with van der Waals surface area (Å²) < 4.78 is 16.6. The van der Waals surface area contributed by atoms with Gasteiger partial charge in [-0.05, 0) is 103 Å². The van der Waals surface area contributed by atoms with E-state index in [4.69, 9.17) is 14.2 Å². The van der Waals surface area contributed by atoms with E-state index in [1.807, 2.05) is 0 Å². The van der Waals surface area contributed by atoms with Gasteiger partial charge in [0.05, 0.1) is 0 Å². The van der Waals surface area contributed by atoms with Crippen LogP contribution in [0.1, 0.15) is 181 Å². The number of unbranched alkanes of at least 4 members (excludes halogenated alkanes) is 10. The van der Waals surface area contributed by atoms with Crippen LogP contribution in [0, 0.1) is 0 Å².